The molecule has 0 amide bonds. The minimum atomic E-state index is 0.692. The normalized spacial score (nSPS) is 14.6. The molecule has 4 rings (SSSR count). The summed E-state index contributed by atoms with van der Waals surface area (Å²) in [6, 6.07) is 18.2. The van der Waals surface area contributed by atoms with E-state index in [2.05, 4.69) is 28.1 Å². The lowest BCUT2D eigenvalue weighted by Gasteiger charge is -2.28. The average molecular weight is 316 g/mol. The zero-order valence-electron chi connectivity index (χ0n) is 13.6. The van der Waals surface area contributed by atoms with E-state index in [9.17, 15) is 0 Å². The highest BCUT2D eigenvalue weighted by atomic mass is 15.2. The molecule has 24 heavy (non-hydrogen) atoms. The Kier molecular flexibility index (Phi) is 4.19. The van der Waals surface area contributed by atoms with Crippen LogP contribution in [0.5, 0.6) is 0 Å². The molecule has 2 aromatic heterocycles. The molecule has 4 heteroatoms. The highest BCUT2D eigenvalue weighted by Gasteiger charge is 2.16. The van der Waals surface area contributed by atoms with Crippen molar-refractivity contribution in [3.63, 3.8) is 0 Å². The Bertz CT molecular complexity index is 739. The molecule has 0 N–H and O–H groups in total. The summed E-state index contributed by atoms with van der Waals surface area (Å²) in [4.78, 5) is 16.4. The van der Waals surface area contributed by atoms with Crippen molar-refractivity contribution in [1.82, 2.24) is 15.0 Å². The summed E-state index contributed by atoms with van der Waals surface area (Å²) in [6.07, 6.45) is 5.54. The van der Waals surface area contributed by atoms with Crippen LogP contribution in [0.2, 0.25) is 0 Å². The maximum atomic E-state index is 4.81. The van der Waals surface area contributed by atoms with E-state index < -0.39 is 0 Å². The summed E-state index contributed by atoms with van der Waals surface area (Å²) >= 11 is 0. The molecule has 1 aromatic carbocycles. The first-order valence-electron chi connectivity index (χ1n) is 8.51. The second kappa shape index (κ2) is 6.79. The first-order valence-corrected chi connectivity index (χ1v) is 8.51. The van der Waals surface area contributed by atoms with Gasteiger partial charge >= 0.3 is 0 Å². The Morgan fingerprint density at radius 2 is 1.54 bits per heavy atom. The Balaban J connectivity index is 1.81. The molecule has 120 valence electrons. The first-order chi connectivity index (χ1) is 11.9. The molecule has 0 atom stereocenters. The van der Waals surface area contributed by atoms with Gasteiger partial charge in [-0.15, -0.1) is 0 Å². The lowest BCUT2D eigenvalue weighted by molar-refractivity contribution is 0.573. The molecule has 0 saturated carbocycles. The Morgan fingerprint density at radius 1 is 0.750 bits per heavy atom. The van der Waals surface area contributed by atoms with E-state index in [0.29, 0.717) is 5.82 Å². The van der Waals surface area contributed by atoms with Crippen LogP contribution in [0, 0.1) is 0 Å². The summed E-state index contributed by atoms with van der Waals surface area (Å²) in [5.41, 5.74) is 2.87. The Morgan fingerprint density at radius 3 is 2.29 bits per heavy atom. The summed E-state index contributed by atoms with van der Waals surface area (Å²) in [6.45, 7) is 2.12. The van der Waals surface area contributed by atoms with Crippen molar-refractivity contribution in [3.8, 4) is 22.8 Å². The fraction of sp³-hybridized carbons (Fsp3) is 0.250. The van der Waals surface area contributed by atoms with E-state index in [1.807, 2.05) is 36.4 Å². The lowest BCUT2D eigenvalue weighted by Crippen LogP contribution is -2.30. The topological polar surface area (TPSA) is 41.9 Å². The summed E-state index contributed by atoms with van der Waals surface area (Å²) in [7, 11) is 0. The Hall–Kier alpha value is -2.75. The third-order valence-corrected chi connectivity index (χ3v) is 4.36. The van der Waals surface area contributed by atoms with Crippen molar-refractivity contribution in [2.24, 2.45) is 0 Å². The number of anilines is 1. The number of benzene rings is 1. The van der Waals surface area contributed by atoms with E-state index in [4.69, 9.17) is 9.97 Å². The number of piperidine rings is 1. The predicted molar refractivity (Wildman–Crippen MR) is 96.8 cm³/mol. The van der Waals surface area contributed by atoms with Gasteiger partial charge in [0.1, 0.15) is 11.5 Å². The van der Waals surface area contributed by atoms with Crippen LogP contribution >= 0.6 is 0 Å². The third kappa shape index (κ3) is 3.13. The molecule has 1 fully saturated rings. The molecule has 0 bridgehead atoms. The lowest BCUT2D eigenvalue weighted by atomic mass is 10.1. The van der Waals surface area contributed by atoms with Crippen LogP contribution in [0.1, 0.15) is 19.3 Å². The number of pyridine rings is 1. The van der Waals surface area contributed by atoms with Crippen LogP contribution in [0.15, 0.2) is 60.8 Å². The van der Waals surface area contributed by atoms with E-state index >= 15 is 0 Å². The van der Waals surface area contributed by atoms with Crippen molar-refractivity contribution in [2.75, 3.05) is 18.0 Å². The van der Waals surface area contributed by atoms with E-state index in [1.54, 1.807) is 6.20 Å². The van der Waals surface area contributed by atoms with Gasteiger partial charge in [0, 0.05) is 30.9 Å². The van der Waals surface area contributed by atoms with Crippen molar-refractivity contribution in [2.45, 2.75) is 19.3 Å². The van der Waals surface area contributed by atoms with E-state index in [0.717, 1.165) is 35.9 Å². The molecule has 1 saturated heterocycles. The molecule has 1 aliphatic rings. The van der Waals surface area contributed by atoms with Crippen molar-refractivity contribution < 1.29 is 0 Å². The van der Waals surface area contributed by atoms with Crippen LogP contribution in [-0.2, 0) is 0 Å². The Labute approximate surface area is 142 Å². The monoisotopic (exact) mass is 316 g/mol. The van der Waals surface area contributed by atoms with Gasteiger partial charge in [-0.25, -0.2) is 9.97 Å². The van der Waals surface area contributed by atoms with Crippen LogP contribution in [0.3, 0.4) is 0 Å². The van der Waals surface area contributed by atoms with Crippen LogP contribution in [0.4, 0.5) is 5.82 Å². The summed E-state index contributed by atoms with van der Waals surface area (Å²) in [5, 5.41) is 0. The van der Waals surface area contributed by atoms with Gasteiger partial charge in [-0.05, 0) is 31.4 Å². The van der Waals surface area contributed by atoms with E-state index in [1.165, 1.54) is 19.3 Å². The molecule has 3 aromatic rings. The highest BCUT2D eigenvalue weighted by molar-refractivity contribution is 5.66. The minimum absolute atomic E-state index is 0.692. The number of hydrogen-bond donors (Lipinski definition) is 0. The van der Waals surface area contributed by atoms with Gasteiger partial charge in [0.25, 0.3) is 0 Å². The van der Waals surface area contributed by atoms with Gasteiger partial charge in [-0.3, -0.25) is 4.98 Å². The van der Waals surface area contributed by atoms with Gasteiger partial charge in [0.05, 0.1) is 5.69 Å². The van der Waals surface area contributed by atoms with Gasteiger partial charge in [-0.1, -0.05) is 36.4 Å². The van der Waals surface area contributed by atoms with E-state index in [-0.39, 0.29) is 0 Å². The number of aromatic nitrogens is 3. The average Bonchev–Trinajstić information content (AvgIpc) is 2.70. The zero-order chi connectivity index (χ0) is 16.2. The largest absolute Gasteiger partial charge is 0.356 e. The fourth-order valence-corrected chi connectivity index (χ4v) is 3.09. The molecule has 0 radical (unpaired) electrons. The fourth-order valence-electron chi connectivity index (χ4n) is 3.09. The molecule has 0 aliphatic carbocycles. The third-order valence-electron chi connectivity index (χ3n) is 4.36. The maximum Gasteiger partial charge on any atom is 0.180 e. The van der Waals surface area contributed by atoms with Crippen molar-refractivity contribution >= 4 is 5.82 Å². The number of nitrogens with zero attached hydrogens (tertiary/aromatic N) is 4. The van der Waals surface area contributed by atoms with Gasteiger partial charge in [0.15, 0.2) is 5.82 Å². The maximum absolute atomic E-state index is 4.81. The number of hydrogen-bond acceptors (Lipinski definition) is 4. The van der Waals surface area contributed by atoms with Crippen molar-refractivity contribution in [1.29, 1.82) is 0 Å². The highest BCUT2D eigenvalue weighted by Crippen LogP contribution is 2.26. The SMILES string of the molecule is c1ccc(-c2cc(N3CCCCC3)nc(-c3ccccn3)n2)cc1. The molecule has 1 aliphatic heterocycles. The molecular weight excluding hydrogens is 296 g/mol. The smallest absolute Gasteiger partial charge is 0.180 e. The molecular formula is C20H20N4. The van der Waals surface area contributed by atoms with Crippen LogP contribution < -0.4 is 4.90 Å². The summed E-state index contributed by atoms with van der Waals surface area (Å²) in [5.74, 6) is 1.70. The van der Waals surface area contributed by atoms with Crippen molar-refractivity contribution in [3.05, 3.63) is 60.8 Å². The first kappa shape index (κ1) is 14.8. The molecule has 4 nitrogen and oxygen atoms in total. The quantitative estimate of drug-likeness (QED) is 0.726. The second-order valence-electron chi connectivity index (χ2n) is 6.06. The molecule has 3 heterocycles. The summed E-state index contributed by atoms with van der Waals surface area (Å²) < 4.78 is 0. The molecule has 0 unspecified atom stereocenters. The van der Waals surface area contributed by atoms with Gasteiger partial charge < -0.3 is 4.90 Å². The second-order valence-corrected chi connectivity index (χ2v) is 6.06. The predicted octanol–water partition coefficient (Wildman–Crippen LogP) is 4.20. The number of rotatable bonds is 3. The standard InChI is InChI=1S/C20H20N4/c1-3-9-16(10-4-1)18-15-19(24-13-7-2-8-14-24)23-20(22-18)17-11-5-6-12-21-17/h1,3-6,9-12,15H,2,7-8,13-14H2. The van der Waals surface area contributed by atoms with Crippen LogP contribution in [-0.4, -0.2) is 28.0 Å². The molecule has 0 spiro atoms. The van der Waals surface area contributed by atoms with Gasteiger partial charge in [0.2, 0.25) is 0 Å². The minimum Gasteiger partial charge on any atom is -0.356 e. The van der Waals surface area contributed by atoms with Crippen LogP contribution in [0.25, 0.3) is 22.8 Å². The van der Waals surface area contributed by atoms with Gasteiger partial charge in [-0.2, -0.15) is 0 Å². The zero-order valence-corrected chi connectivity index (χ0v) is 13.6.